The van der Waals surface area contributed by atoms with Crippen molar-refractivity contribution in [2.45, 2.75) is 19.4 Å². The zero-order chi connectivity index (χ0) is 12.4. The van der Waals surface area contributed by atoms with Gasteiger partial charge in [0.25, 0.3) is 0 Å². The van der Waals surface area contributed by atoms with Crippen LogP contribution >= 0.6 is 31.9 Å². The van der Waals surface area contributed by atoms with Gasteiger partial charge < -0.3 is 10.2 Å². The second-order valence-electron chi connectivity index (χ2n) is 3.80. The molecule has 2 nitrogen and oxygen atoms in total. The minimum Gasteiger partial charge on any atom is -0.469 e. The van der Waals surface area contributed by atoms with Gasteiger partial charge >= 0.3 is 0 Å². The van der Waals surface area contributed by atoms with Crippen molar-refractivity contribution in [3.8, 4) is 0 Å². The van der Waals surface area contributed by atoms with Gasteiger partial charge in [0, 0.05) is 20.9 Å². The summed E-state index contributed by atoms with van der Waals surface area (Å²) >= 11 is 7.00. The molecule has 0 fully saturated rings. The Hall–Kier alpha value is -0.580. The van der Waals surface area contributed by atoms with Crippen molar-refractivity contribution in [1.82, 2.24) is 0 Å². The summed E-state index contributed by atoms with van der Waals surface area (Å²) in [5.74, 6) is 0.948. The molecule has 0 aliphatic carbocycles. The van der Waals surface area contributed by atoms with E-state index in [0.29, 0.717) is 0 Å². The third-order valence-corrected chi connectivity index (χ3v) is 3.94. The van der Waals surface area contributed by atoms with Crippen LogP contribution < -0.4 is 5.73 Å². The van der Waals surface area contributed by atoms with Gasteiger partial charge in [0.05, 0.1) is 12.3 Å². The molecule has 17 heavy (non-hydrogen) atoms. The van der Waals surface area contributed by atoms with Crippen LogP contribution in [0.5, 0.6) is 0 Å². The number of aryl methyl sites for hydroxylation is 1. The maximum Gasteiger partial charge on any atom is 0.108 e. The standard InChI is InChI=1S/C13H13Br2NO/c1-2-12-9(5-6-17-12)13(16)10-7-8(14)3-4-11(10)15/h3-7,13H,2,16H2,1H3. The van der Waals surface area contributed by atoms with Crippen LogP contribution in [0, 0.1) is 0 Å². The van der Waals surface area contributed by atoms with Crippen molar-refractivity contribution < 1.29 is 4.42 Å². The summed E-state index contributed by atoms with van der Waals surface area (Å²) in [7, 11) is 0. The van der Waals surface area contributed by atoms with E-state index in [4.69, 9.17) is 10.2 Å². The number of nitrogens with two attached hydrogens (primary N) is 1. The molecule has 0 radical (unpaired) electrons. The summed E-state index contributed by atoms with van der Waals surface area (Å²) in [4.78, 5) is 0. The topological polar surface area (TPSA) is 39.2 Å². The van der Waals surface area contributed by atoms with E-state index in [-0.39, 0.29) is 6.04 Å². The maximum atomic E-state index is 6.30. The molecule has 4 heteroatoms. The van der Waals surface area contributed by atoms with Crippen LogP contribution in [0.25, 0.3) is 0 Å². The molecule has 1 heterocycles. The van der Waals surface area contributed by atoms with Gasteiger partial charge in [-0.15, -0.1) is 0 Å². The van der Waals surface area contributed by atoms with E-state index >= 15 is 0 Å². The fraction of sp³-hybridized carbons (Fsp3) is 0.231. The van der Waals surface area contributed by atoms with Crippen LogP contribution in [0.3, 0.4) is 0 Å². The zero-order valence-electron chi connectivity index (χ0n) is 9.41. The highest BCUT2D eigenvalue weighted by atomic mass is 79.9. The summed E-state index contributed by atoms with van der Waals surface area (Å²) in [6, 6.07) is 7.77. The Balaban J connectivity index is 2.43. The Morgan fingerprint density at radius 1 is 1.24 bits per heavy atom. The van der Waals surface area contributed by atoms with Crippen molar-refractivity contribution in [2.75, 3.05) is 0 Å². The molecule has 1 atom stereocenters. The van der Waals surface area contributed by atoms with Crippen molar-refractivity contribution in [2.24, 2.45) is 5.73 Å². The average Bonchev–Trinajstić information content (AvgIpc) is 2.79. The molecule has 2 N–H and O–H groups in total. The number of halogens is 2. The maximum absolute atomic E-state index is 6.30. The molecule has 1 aromatic carbocycles. The number of furan rings is 1. The van der Waals surface area contributed by atoms with Gasteiger partial charge in [-0.05, 0) is 29.8 Å². The summed E-state index contributed by atoms with van der Waals surface area (Å²) in [6.45, 7) is 2.06. The number of rotatable bonds is 3. The third-order valence-electron chi connectivity index (χ3n) is 2.73. The Labute approximate surface area is 117 Å². The molecule has 0 bridgehead atoms. The van der Waals surface area contributed by atoms with Crippen LogP contribution in [0.2, 0.25) is 0 Å². The minimum atomic E-state index is -0.171. The molecule has 0 aliphatic heterocycles. The SMILES string of the molecule is CCc1occc1C(N)c1cc(Br)ccc1Br. The van der Waals surface area contributed by atoms with Crippen LogP contribution in [-0.4, -0.2) is 0 Å². The van der Waals surface area contributed by atoms with E-state index in [1.165, 1.54) is 0 Å². The molecule has 0 saturated carbocycles. The van der Waals surface area contributed by atoms with Gasteiger partial charge in [0.15, 0.2) is 0 Å². The second kappa shape index (κ2) is 5.38. The smallest absolute Gasteiger partial charge is 0.108 e. The fourth-order valence-corrected chi connectivity index (χ4v) is 2.71. The first kappa shape index (κ1) is 12.9. The van der Waals surface area contributed by atoms with Gasteiger partial charge in [-0.2, -0.15) is 0 Å². The predicted molar refractivity (Wildman–Crippen MR) is 76.0 cm³/mol. The quantitative estimate of drug-likeness (QED) is 0.882. The van der Waals surface area contributed by atoms with E-state index in [9.17, 15) is 0 Å². The molecule has 2 aromatic rings. The molecule has 0 spiro atoms. The third kappa shape index (κ3) is 2.64. The van der Waals surface area contributed by atoms with E-state index in [2.05, 4.69) is 38.8 Å². The summed E-state index contributed by atoms with van der Waals surface area (Å²) in [6.07, 6.45) is 2.54. The predicted octanol–water partition coefficient (Wildman–Crippen LogP) is 4.42. The van der Waals surface area contributed by atoms with Crippen molar-refractivity contribution in [1.29, 1.82) is 0 Å². The monoisotopic (exact) mass is 357 g/mol. The van der Waals surface area contributed by atoms with Crippen LogP contribution in [0.15, 0.2) is 43.9 Å². The largest absolute Gasteiger partial charge is 0.469 e. The zero-order valence-corrected chi connectivity index (χ0v) is 12.6. The summed E-state index contributed by atoms with van der Waals surface area (Å²) in [5.41, 5.74) is 8.39. The van der Waals surface area contributed by atoms with Crippen LogP contribution in [0.4, 0.5) is 0 Å². The van der Waals surface area contributed by atoms with Crippen molar-refractivity contribution >= 4 is 31.9 Å². The Kier molecular flexibility index (Phi) is 4.07. The van der Waals surface area contributed by atoms with Crippen molar-refractivity contribution in [3.05, 3.63) is 56.4 Å². The van der Waals surface area contributed by atoms with Crippen LogP contribution in [0.1, 0.15) is 29.9 Å². The van der Waals surface area contributed by atoms with Gasteiger partial charge in [-0.3, -0.25) is 0 Å². The number of hydrogen-bond acceptors (Lipinski definition) is 2. The molecule has 1 unspecified atom stereocenters. The van der Waals surface area contributed by atoms with Crippen LogP contribution in [-0.2, 0) is 6.42 Å². The second-order valence-corrected chi connectivity index (χ2v) is 5.57. The first-order valence-electron chi connectivity index (χ1n) is 5.40. The van der Waals surface area contributed by atoms with E-state index in [1.54, 1.807) is 6.26 Å². The molecule has 1 aromatic heterocycles. The molecule has 90 valence electrons. The summed E-state index contributed by atoms with van der Waals surface area (Å²) in [5, 5.41) is 0. The van der Waals surface area contributed by atoms with Gasteiger partial charge in [0.2, 0.25) is 0 Å². The molecular weight excluding hydrogens is 346 g/mol. The first-order chi connectivity index (χ1) is 8.13. The highest BCUT2D eigenvalue weighted by Gasteiger charge is 2.17. The van der Waals surface area contributed by atoms with E-state index in [0.717, 1.165) is 32.3 Å². The Morgan fingerprint density at radius 3 is 2.71 bits per heavy atom. The highest BCUT2D eigenvalue weighted by molar-refractivity contribution is 9.11. The average molecular weight is 359 g/mol. The lowest BCUT2D eigenvalue weighted by Gasteiger charge is -2.14. The Bertz CT molecular complexity index is 522. The lowest BCUT2D eigenvalue weighted by molar-refractivity contribution is 0.509. The number of benzene rings is 1. The van der Waals surface area contributed by atoms with E-state index in [1.807, 2.05) is 24.3 Å². The lowest BCUT2D eigenvalue weighted by atomic mass is 9.99. The fourth-order valence-electron chi connectivity index (χ4n) is 1.84. The molecule has 0 saturated heterocycles. The normalized spacial score (nSPS) is 12.7. The Morgan fingerprint density at radius 2 is 2.00 bits per heavy atom. The van der Waals surface area contributed by atoms with Crippen molar-refractivity contribution in [3.63, 3.8) is 0 Å². The van der Waals surface area contributed by atoms with Gasteiger partial charge in [-0.1, -0.05) is 38.8 Å². The summed E-state index contributed by atoms with van der Waals surface area (Å²) < 4.78 is 7.45. The van der Waals surface area contributed by atoms with E-state index < -0.39 is 0 Å². The molecule has 0 aliphatic rings. The lowest BCUT2D eigenvalue weighted by Crippen LogP contribution is -2.13. The molecular formula is C13H13Br2NO. The molecule has 2 rings (SSSR count). The first-order valence-corrected chi connectivity index (χ1v) is 6.99. The van der Waals surface area contributed by atoms with Gasteiger partial charge in [0.1, 0.15) is 5.76 Å². The van der Waals surface area contributed by atoms with Gasteiger partial charge in [-0.25, -0.2) is 0 Å². The number of hydrogen-bond donors (Lipinski definition) is 1. The highest BCUT2D eigenvalue weighted by Crippen LogP contribution is 2.31. The molecule has 0 amide bonds. The minimum absolute atomic E-state index is 0.171.